The highest BCUT2D eigenvalue weighted by Crippen LogP contribution is 2.53. The van der Waals surface area contributed by atoms with E-state index in [1.807, 2.05) is 0 Å². The lowest BCUT2D eigenvalue weighted by Crippen LogP contribution is -2.25. The number of hydrogen-bond donors (Lipinski definition) is 2. The Balaban J connectivity index is 2.29. The van der Waals surface area contributed by atoms with E-state index >= 15 is 0 Å². The summed E-state index contributed by atoms with van der Waals surface area (Å²) < 4.78 is 71.9. The van der Waals surface area contributed by atoms with Crippen molar-refractivity contribution in [2.75, 3.05) is 0 Å². The maximum absolute atomic E-state index is 13.4. The molecule has 0 saturated heterocycles. The third-order valence-electron chi connectivity index (χ3n) is 3.33. The largest absolute Gasteiger partial charge is 0.505 e. The van der Waals surface area contributed by atoms with Gasteiger partial charge in [0.05, 0.1) is 0 Å². The average Bonchev–Trinajstić information content (AvgIpc) is 2.38. The van der Waals surface area contributed by atoms with Gasteiger partial charge in [-0.3, -0.25) is 0 Å². The number of fused-ring (bicyclic) bond motifs is 2. The average molecular weight is 318 g/mol. The van der Waals surface area contributed by atoms with Gasteiger partial charge in [-0.05, 0) is 12.1 Å². The Hall–Kier alpha value is -2.51. The van der Waals surface area contributed by atoms with E-state index in [4.69, 9.17) is 4.74 Å². The Morgan fingerprint density at radius 2 is 1.23 bits per heavy atom. The molecule has 2 aromatic rings. The number of benzene rings is 2. The number of halogens is 5. The van der Waals surface area contributed by atoms with Crippen molar-refractivity contribution in [2.24, 2.45) is 0 Å². The first kappa shape index (κ1) is 14.4. The number of ether oxygens (including phenoxy) is 1. The van der Waals surface area contributed by atoms with Gasteiger partial charge in [0.25, 0.3) is 0 Å². The van der Waals surface area contributed by atoms with Crippen LogP contribution in [-0.4, -0.2) is 16.4 Å². The number of rotatable bonds is 0. The van der Waals surface area contributed by atoms with Crippen LogP contribution in [0, 0.1) is 11.6 Å². The van der Waals surface area contributed by atoms with Crippen molar-refractivity contribution < 1.29 is 36.9 Å². The van der Waals surface area contributed by atoms with Crippen LogP contribution >= 0.6 is 0 Å². The fourth-order valence-electron chi connectivity index (χ4n) is 2.38. The molecule has 0 saturated carbocycles. The third kappa shape index (κ3) is 2.11. The molecule has 0 aliphatic carbocycles. The summed E-state index contributed by atoms with van der Waals surface area (Å²) in [5, 5.41) is 18.5. The van der Waals surface area contributed by atoms with Gasteiger partial charge in [-0.25, -0.2) is 8.78 Å². The van der Waals surface area contributed by atoms with Crippen molar-refractivity contribution in [3.63, 3.8) is 0 Å². The summed E-state index contributed by atoms with van der Waals surface area (Å²) in [5.74, 6) is -7.43. The van der Waals surface area contributed by atoms with E-state index in [0.717, 1.165) is 0 Å². The second kappa shape index (κ2) is 4.49. The maximum atomic E-state index is 13.4. The van der Waals surface area contributed by atoms with E-state index < -0.39 is 57.9 Å². The molecule has 0 fully saturated rings. The number of hydrogen-bond acceptors (Lipinski definition) is 3. The Bertz CT molecular complexity index is 713. The predicted molar refractivity (Wildman–Crippen MR) is 64.1 cm³/mol. The molecule has 0 bridgehead atoms. The quantitative estimate of drug-likeness (QED) is 0.717. The van der Waals surface area contributed by atoms with Crippen LogP contribution in [0.5, 0.6) is 23.0 Å². The Labute approximate surface area is 120 Å². The third-order valence-corrected chi connectivity index (χ3v) is 3.33. The van der Waals surface area contributed by atoms with Crippen LogP contribution in [0.2, 0.25) is 0 Å². The number of alkyl halides is 3. The van der Waals surface area contributed by atoms with Gasteiger partial charge < -0.3 is 14.9 Å². The smallest absolute Gasteiger partial charge is 0.399 e. The van der Waals surface area contributed by atoms with Crippen LogP contribution in [-0.2, 0) is 0 Å². The normalized spacial score (nSPS) is 14.2. The molecule has 0 spiro atoms. The lowest BCUT2D eigenvalue weighted by molar-refractivity contribution is -0.142. The minimum absolute atomic E-state index is 0.417. The van der Waals surface area contributed by atoms with Crippen LogP contribution in [0.25, 0.3) is 0 Å². The van der Waals surface area contributed by atoms with E-state index in [2.05, 4.69) is 0 Å². The molecule has 1 heterocycles. The van der Waals surface area contributed by atoms with Gasteiger partial charge in [0.2, 0.25) is 0 Å². The van der Waals surface area contributed by atoms with Crippen molar-refractivity contribution in [3.8, 4) is 23.0 Å². The maximum Gasteiger partial charge on any atom is 0.399 e. The topological polar surface area (TPSA) is 49.7 Å². The number of phenolic OH excluding ortho intramolecular Hbond substituents is 2. The van der Waals surface area contributed by atoms with Gasteiger partial charge in [0.15, 0.2) is 23.1 Å². The zero-order valence-corrected chi connectivity index (χ0v) is 10.6. The molecular weight excluding hydrogens is 311 g/mol. The first-order valence-electron chi connectivity index (χ1n) is 5.98. The fraction of sp³-hybridized carbons (Fsp3) is 0.143. The Morgan fingerprint density at radius 1 is 0.818 bits per heavy atom. The lowest BCUT2D eigenvalue weighted by Gasteiger charge is -2.30. The van der Waals surface area contributed by atoms with E-state index in [9.17, 15) is 32.2 Å². The minimum atomic E-state index is -4.85. The van der Waals surface area contributed by atoms with Crippen molar-refractivity contribution in [2.45, 2.75) is 12.1 Å². The summed E-state index contributed by atoms with van der Waals surface area (Å²) in [4.78, 5) is 0. The van der Waals surface area contributed by atoms with E-state index in [1.165, 1.54) is 0 Å². The van der Waals surface area contributed by atoms with Gasteiger partial charge >= 0.3 is 6.18 Å². The van der Waals surface area contributed by atoms with Gasteiger partial charge in [-0.15, -0.1) is 0 Å². The molecule has 8 heteroatoms. The second-order valence-corrected chi connectivity index (χ2v) is 4.76. The Kier molecular flexibility index (Phi) is 2.95. The summed E-state index contributed by atoms with van der Waals surface area (Å²) in [6.45, 7) is 0. The van der Waals surface area contributed by atoms with E-state index in [1.54, 1.807) is 0 Å². The van der Waals surface area contributed by atoms with E-state index in [-0.39, 0.29) is 0 Å². The zero-order chi connectivity index (χ0) is 16.2. The summed E-state index contributed by atoms with van der Waals surface area (Å²) in [6, 6.07) is 2.40. The van der Waals surface area contributed by atoms with Crippen LogP contribution in [0.3, 0.4) is 0 Å². The predicted octanol–water partition coefficient (Wildman–Crippen LogP) is 4.18. The lowest BCUT2D eigenvalue weighted by atomic mass is 9.87. The molecule has 1 aliphatic rings. The standard InChI is InChI=1S/C14H7F5O3/c15-7-1-5-11(3-9(7)20)22-12-4-10(21)8(16)2-6(12)13(5)14(17,18)19/h1-4,13,20-21H. The molecule has 116 valence electrons. The highest BCUT2D eigenvalue weighted by atomic mass is 19.4. The van der Waals surface area contributed by atoms with Crippen LogP contribution in [0.4, 0.5) is 22.0 Å². The molecule has 3 rings (SSSR count). The van der Waals surface area contributed by atoms with Gasteiger partial charge in [-0.1, -0.05) is 0 Å². The summed E-state index contributed by atoms with van der Waals surface area (Å²) >= 11 is 0. The molecule has 3 nitrogen and oxygen atoms in total. The number of phenols is 2. The monoisotopic (exact) mass is 318 g/mol. The summed E-state index contributed by atoms with van der Waals surface area (Å²) in [6.07, 6.45) is -4.85. The molecule has 2 aromatic carbocycles. The molecular formula is C14H7F5O3. The Morgan fingerprint density at radius 3 is 1.59 bits per heavy atom. The van der Waals surface area contributed by atoms with E-state index in [0.29, 0.717) is 24.3 Å². The molecule has 0 atom stereocenters. The van der Waals surface area contributed by atoms with Crippen molar-refractivity contribution in [1.29, 1.82) is 0 Å². The molecule has 2 N–H and O–H groups in total. The SMILES string of the molecule is Oc1cc2c(cc1F)C(C(F)(F)F)c1cc(F)c(O)cc1O2. The highest BCUT2D eigenvalue weighted by Gasteiger charge is 2.47. The molecule has 0 radical (unpaired) electrons. The summed E-state index contributed by atoms with van der Waals surface area (Å²) in [7, 11) is 0. The van der Waals surface area contributed by atoms with Crippen molar-refractivity contribution in [3.05, 3.63) is 47.0 Å². The first-order chi connectivity index (χ1) is 10.2. The fourth-order valence-corrected chi connectivity index (χ4v) is 2.38. The van der Waals surface area contributed by atoms with Gasteiger partial charge in [-0.2, -0.15) is 13.2 Å². The second-order valence-electron chi connectivity index (χ2n) is 4.76. The zero-order valence-electron chi connectivity index (χ0n) is 10.6. The van der Waals surface area contributed by atoms with Crippen LogP contribution in [0.15, 0.2) is 24.3 Å². The van der Waals surface area contributed by atoms with Crippen molar-refractivity contribution in [1.82, 2.24) is 0 Å². The molecule has 0 aromatic heterocycles. The highest BCUT2D eigenvalue weighted by molar-refractivity contribution is 5.58. The first-order valence-corrected chi connectivity index (χ1v) is 5.98. The molecule has 1 aliphatic heterocycles. The number of aromatic hydroxyl groups is 2. The van der Waals surface area contributed by atoms with Crippen molar-refractivity contribution >= 4 is 0 Å². The van der Waals surface area contributed by atoms with Crippen LogP contribution in [0.1, 0.15) is 17.0 Å². The molecule has 0 unspecified atom stereocenters. The minimum Gasteiger partial charge on any atom is -0.505 e. The molecule has 22 heavy (non-hydrogen) atoms. The molecule has 0 amide bonds. The van der Waals surface area contributed by atoms with Crippen LogP contribution < -0.4 is 4.74 Å². The van der Waals surface area contributed by atoms with Gasteiger partial charge in [0, 0.05) is 23.3 Å². The summed E-state index contributed by atoms with van der Waals surface area (Å²) in [5.41, 5.74) is -1.17. The van der Waals surface area contributed by atoms with Gasteiger partial charge in [0.1, 0.15) is 17.4 Å².